The van der Waals surface area contributed by atoms with Crippen LogP contribution >= 0.6 is 11.8 Å². The number of nitrogen functional groups attached to an aromatic ring is 1. The van der Waals surface area contributed by atoms with Gasteiger partial charge < -0.3 is 11.1 Å². The van der Waals surface area contributed by atoms with Crippen molar-refractivity contribution >= 4 is 38.9 Å². The fraction of sp³-hybridized carbons (Fsp3) is 0.462. The summed E-state index contributed by atoms with van der Waals surface area (Å²) in [5.41, 5.74) is 7.89. The minimum Gasteiger partial charge on any atom is -0.399 e. The Kier molecular flexibility index (Phi) is 5.88. The first-order chi connectivity index (χ1) is 9.19. The molecular weight excluding hydrogens is 296 g/mol. The van der Waals surface area contributed by atoms with Crippen molar-refractivity contribution in [1.82, 2.24) is 0 Å². The molecule has 1 rings (SSSR count). The summed E-state index contributed by atoms with van der Waals surface area (Å²) in [6.45, 7) is 3.64. The summed E-state index contributed by atoms with van der Waals surface area (Å²) in [5.74, 6) is 0.327. The Morgan fingerprint density at radius 2 is 2.10 bits per heavy atom. The van der Waals surface area contributed by atoms with E-state index in [4.69, 9.17) is 5.73 Å². The van der Waals surface area contributed by atoms with Crippen LogP contribution in [0.3, 0.4) is 0 Å². The van der Waals surface area contributed by atoms with Crippen LogP contribution in [-0.2, 0) is 14.6 Å². The van der Waals surface area contributed by atoms with Crippen molar-refractivity contribution in [2.24, 2.45) is 0 Å². The maximum absolute atomic E-state index is 12.0. The number of sulfone groups is 1. The number of aryl methyl sites for hydroxylation is 1. The third-order valence-electron chi connectivity index (χ3n) is 2.71. The average molecular weight is 316 g/mol. The first-order valence-corrected chi connectivity index (χ1v) is 9.26. The zero-order chi connectivity index (χ0) is 15.3. The number of hydrogen-bond donors (Lipinski definition) is 2. The van der Waals surface area contributed by atoms with Gasteiger partial charge in [0, 0.05) is 23.4 Å². The van der Waals surface area contributed by atoms with E-state index in [9.17, 15) is 13.2 Å². The highest BCUT2D eigenvalue weighted by molar-refractivity contribution is 8.01. The van der Waals surface area contributed by atoms with Crippen molar-refractivity contribution < 1.29 is 13.2 Å². The number of hydrogen-bond acceptors (Lipinski definition) is 5. The summed E-state index contributed by atoms with van der Waals surface area (Å²) in [7, 11) is -2.99. The van der Waals surface area contributed by atoms with Crippen LogP contribution in [-0.4, -0.2) is 37.3 Å². The minimum absolute atomic E-state index is 0.0760. The zero-order valence-corrected chi connectivity index (χ0v) is 13.5. The summed E-state index contributed by atoms with van der Waals surface area (Å²) in [6, 6.07) is 5.32. The topological polar surface area (TPSA) is 89.3 Å². The van der Waals surface area contributed by atoms with E-state index in [1.54, 1.807) is 19.1 Å². The Hall–Kier alpha value is -1.21. The molecule has 0 aliphatic heterocycles. The smallest absolute Gasteiger partial charge is 0.237 e. The van der Waals surface area contributed by atoms with Gasteiger partial charge in [0.15, 0.2) is 0 Å². The molecule has 0 saturated carbocycles. The lowest BCUT2D eigenvalue weighted by molar-refractivity contribution is -0.115. The Labute approximate surface area is 124 Å². The molecule has 1 unspecified atom stereocenters. The van der Waals surface area contributed by atoms with E-state index >= 15 is 0 Å². The van der Waals surface area contributed by atoms with Crippen LogP contribution in [0.25, 0.3) is 0 Å². The molecule has 1 amide bonds. The molecule has 0 bridgehead atoms. The highest BCUT2D eigenvalue weighted by Gasteiger charge is 2.15. The maximum Gasteiger partial charge on any atom is 0.237 e. The van der Waals surface area contributed by atoms with Crippen LogP contribution in [0.15, 0.2) is 18.2 Å². The van der Waals surface area contributed by atoms with E-state index in [1.807, 2.05) is 13.0 Å². The van der Waals surface area contributed by atoms with E-state index in [-0.39, 0.29) is 16.9 Å². The van der Waals surface area contributed by atoms with Gasteiger partial charge in [0.25, 0.3) is 0 Å². The minimum atomic E-state index is -2.99. The number of carbonyl (C=O) groups excluding carboxylic acids is 1. The van der Waals surface area contributed by atoms with Crippen LogP contribution in [0.2, 0.25) is 0 Å². The van der Waals surface area contributed by atoms with Gasteiger partial charge in [-0.1, -0.05) is 6.07 Å². The molecule has 3 N–H and O–H groups in total. The number of amides is 1. The normalized spacial score (nSPS) is 12.9. The summed E-state index contributed by atoms with van der Waals surface area (Å²) >= 11 is 1.32. The Morgan fingerprint density at radius 3 is 2.70 bits per heavy atom. The molecule has 1 atom stereocenters. The highest BCUT2D eigenvalue weighted by atomic mass is 32.2. The van der Waals surface area contributed by atoms with Gasteiger partial charge in [0.05, 0.1) is 11.0 Å². The molecule has 0 fully saturated rings. The average Bonchev–Trinajstić information content (AvgIpc) is 2.32. The number of nitrogens with two attached hydrogens (primary N) is 1. The summed E-state index contributed by atoms with van der Waals surface area (Å²) in [6.07, 6.45) is 1.19. The summed E-state index contributed by atoms with van der Waals surface area (Å²) in [5, 5.41) is 2.49. The molecule has 0 aromatic heterocycles. The fourth-order valence-electron chi connectivity index (χ4n) is 1.46. The first-order valence-electron chi connectivity index (χ1n) is 6.15. The lowest BCUT2D eigenvalue weighted by Crippen LogP contribution is -2.24. The van der Waals surface area contributed by atoms with E-state index < -0.39 is 9.84 Å². The van der Waals surface area contributed by atoms with Gasteiger partial charge in [-0.15, -0.1) is 11.8 Å². The van der Waals surface area contributed by atoms with Crippen molar-refractivity contribution in [3.63, 3.8) is 0 Å². The third kappa shape index (κ3) is 5.83. The lowest BCUT2D eigenvalue weighted by Gasteiger charge is -2.13. The zero-order valence-electron chi connectivity index (χ0n) is 11.8. The predicted molar refractivity (Wildman–Crippen MR) is 85.9 cm³/mol. The van der Waals surface area contributed by atoms with Crippen LogP contribution in [0.4, 0.5) is 11.4 Å². The van der Waals surface area contributed by atoms with E-state index in [1.165, 1.54) is 18.0 Å². The number of benzene rings is 1. The monoisotopic (exact) mass is 316 g/mol. The van der Waals surface area contributed by atoms with Gasteiger partial charge in [-0.25, -0.2) is 8.42 Å². The van der Waals surface area contributed by atoms with E-state index in [0.29, 0.717) is 17.1 Å². The second-order valence-electron chi connectivity index (χ2n) is 4.71. The van der Waals surface area contributed by atoms with Crippen LogP contribution in [0.5, 0.6) is 0 Å². The molecule has 0 aliphatic rings. The number of nitrogens with one attached hydrogen (secondary N) is 1. The van der Waals surface area contributed by atoms with Crippen LogP contribution < -0.4 is 11.1 Å². The lowest BCUT2D eigenvalue weighted by atomic mass is 10.2. The van der Waals surface area contributed by atoms with E-state index in [0.717, 1.165) is 5.56 Å². The number of rotatable bonds is 6. The fourth-order valence-corrected chi connectivity index (χ4v) is 3.62. The van der Waals surface area contributed by atoms with Gasteiger partial charge in [-0.05, 0) is 31.5 Å². The molecule has 1 aromatic rings. The molecule has 0 saturated heterocycles. The Balaban J connectivity index is 2.55. The molecule has 20 heavy (non-hydrogen) atoms. The van der Waals surface area contributed by atoms with E-state index in [2.05, 4.69) is 5.32 Å². The molecule has 0 spiro atoms. The molecule has 0 aliphatic carbocycles. The van der Waals surface area contributed by atoms with Crippen molar-refractivity contribution in [3.8, 4) is 0 Å². The molecule has 0 radical (unpaired) electrons. The van der Waals surface area contributed by atoms with Crippen LogP contribution in [0.1, 0.15) is 12.5 Å². The summed E-state index contributed by atoms with van der Waals surface area (Å²) in [4.78, 5) is 12.0. The van der Waals surface area contributed by atoms with Gasteiger partial charge in [-0.2, -0.15) is 0 Å². The SMILES string of the molecule is Cc1ccc(N)cc1NC(=O)C(C)SCCS(C)(=O)=O. The summed E-state index contributed by atoms with van der Waals surface area (Å²) < 4.78 is 22.1. The largest absolute Gasteiger partial charge is 0.399 e. The van der Waals surface area contributed by atoms with Crippen molar-refractivity contribution in [2.45, 2.75) is 19.1 Å². The quantitative estimate of drug-likeness (QED) is 0.779. The molecule has 0 heterocycles. The number of thioether (sulfide) groups is 1. The predicted octanol–water partition coefficient (Wildman–Crippen LogP) is 1.68. The molecular formula is C13H20N2O3S2. The van der Waals surface area contributed by atoms with Gasteiger partial charge in [-0.3, -0.25) is 4.79 Å². The second-order valence-corrected chi connectivity index (χ2v) is 8.41. The Bertz CT molecular complexity index is 585. The maximum atomic E-state index is 12.0. The van der Waals surface area contributed by atoms with Gasteiger partial charge >= 0.3 is 0 Å². The Morgan fingerprint density at radius 1 is 1.45 bits per heavy atom. The second kappa shape index (κ2) is 6.99. The molecule has 7 heteroatoms. The van der Waals surface area contributed by atoms with Crippen molar-refractivity contribution in [2.75, 3.05) is 28.8 Å². The van der Waals surface area contributed by atoms with Crippen LogP contribution in [0, 0.1) is 6.92 Å². The van der Waals surface area contributed by atoms with Gasteiger partial charge in [0.2, 0.25) is 5.91 Å². The van der Waals surface area contributed by atoms with Gasteiger partial charge in [0.1, 0.15) is 9.84 Å². The van der Waals surface area contributed by atoms with Crippen molar-refractivity contribution in [1.29, 1.82) is 0 Å². The molecule has 5 nitrogen and oxygen atoms in total. The third-order valence-corrected chi connectivity index (χ3v) is 5.07. The molecule has 1 aromatic carbocycles. The number of anilines is 2. The first kappa shape index (κ1) is 16.8. The number of carbonyl (C=O) groups is 1. The molecule has 112 valence electrons. The standard InChI is InChI=1S/C13H20N2O3S2/c1-9-4-5-11(14)8-12(9)15-13(16)10(2)19-6-7-20(3,17)18/h4-5,8,10H,6-7,14H2,1-3H3,(H,15,16). The van der Waals surface area contributed by atoms with Crippen molar-refractivity contribution in [3.05, 3.63) is 23.8 Å². The highest BCUT2D eigenvalue weighted by Crippen LogP contribution is 2.20.